The molecule has 0 bridgehead atoms. The minimum absolute atomic E-state index is 0.106. The first-order valence-corrected chi connectivity index (χ1v) is 7.89. The Morgan fingerprint density at radius 2 is 1.85 bits per heavy atom. The molecule has 5 nitrogen and oxygen atoms in total. The smallest absolute Gasteiger partial charge is 0.329 e. The molecule has 1 amide bonds. The van der Waals surface area contributed by atoms with Crippen LogP contribution in [0.5, 0.6) is 0 Å². The lowest BCUT2D eigenvalue weighted by Gasteiger charge is -2.35. The summed E-state index contributed by atoms with van der Waals surface area (Å²) in [4.78, 5) is 29.6. The first-order chi connectivity index (χ1) is 12.2. The maximum atomic E-state index is 14.3. The van der Waals surface area contributed by atoms with Gasteiger partial charge in [-0.05, 0) is 44.2 Å². The second-order valence-electron chi connectivity index (χ2n) is 6.40. The normalized spacial score (nSPS) is 14.5. The third-order valence-electron chi connectivity index (χ3n) is 4.29. The lowest BCUT2D eigenvalue weighted by molar-refractivity contribution is -0.143. The van der Waals surface area contributed by atoms with Crippen molar-refractivity contribution in [2.24, 2.45) is 4.99 Å². The zero-order valence-electron chi connectivity index (χ0n) is 14.2. The molecule has 1 aliphatic heterocycles. The number of benzene rings is 2. The maximum Gasteiger partial charge on any atom is 0.329 e. The highest BCUT2D eigenvalue weighted by molar-refractivity contribution is 6.20. The van der Waals surface area contributed by atoms with Gasteiger partial charge in [-0.25, -0.2) is 13.6 Å². The number of carbonyl (C=O) groups excluding carboxylic acids is 1. The quantitative estimate of drug-likeness (QED) is 0.917. The van der Waals surface area contributed by atoms with Crippen molar-refractivity contribution in [1.82, 2.24) is 0 Å². The molecule has 0 atom stereocenters. The number of nitrogens with zero attached hydrogens (tertiary/aromatic N) is 2. The summed E-state index contributed by atoms with van der Waals surface area (Å²) in [5.74, 6) is -2.97. The number of aliphatic imine (C=N–C) groups is 1. The van der Waals surface area contributed by atoms with Crippen molar-refractivity contribution >= 4 is 23.3 Å². The molecular formula is C19H16F2N2O3. The van der Waals surface area contributed by atoms with E-state index in [1.54, 1.807) is 6.07 Å². The molecule has 0 aromatic heterocycles. The number of carboxylic acid groups (broad SMARTS) is 1. The molecule has 0 fully saturated rings. The van der Waals surface area contributed by atoms with Gasteiger partial charge in [-0.2, -0.15) is 0 Å². The van der Waals surface area contributed by atoms with Crippen LogP contribution in [-0.2, 0) is 9.59 Å². The summed E-state index contributed by atoms with van der Waals surface area (Å²) in [5.41, 5.74) is -1.04. The molecule has 0 spiro atoms. The van der Waals surface area contributed by atoms with Crippen LogP contribution in [0, 0.1) is 11.6 Å². The van der Waals surface area contributed by atoms with Crippen molar-refractivity contribution in [3.05, 3.63) is 65.2 Å². The van der Waals surface area contributed by atoms with Crippen LogP contribution in [0.25, 0.3) is 0 Å². The largest absolute Gasteiger partial charge is 0.480 e. The monoisotopic (exact) mass is 358 g/mol. The van der Waals surface area contributed by atoms with Crippen LogP contribution >= 0.6 is 0 Å². The molecule has 2 aromatic carbocycles. The summed E-state index contributed by atoms with van der Waals surface area (Å²) < 4.78 is 28.2. The number of hydrogen-bond donors (Lipinski definition) is 1. The number of amides is 1. The summed E-state index contributed by atoms with van der Waals surface area (Å²) in [6.07, 6.45) is 0. The van der Waals surface area contributed by atoms with E-state index in [9.17, 15) is 23.5 Å². The van der Waals surface area contributed by atoms with Crippen molar-refractivity contribution in [3.63, 3.8) is 0 Å². The summed E-state index contributed by atoms with van der Waals surface area (Å²) in [5, 5.41) is 9.54. The van der Waals surface area contributed by atoms with Gasteiger partial charge >= 0.3 is 5.97 Å². The fourth-order valence-corrected chi connectivity index (χ4v) is 2.92. The van der Waals surface area contributed by atoms with E-state index >= 15 is 0 Å². The maximum absolute atomic E-state index is 14.3. The van der Waals surface area contributed by atoms with Gasteiger partial charge in [0.2, 0.25) is 5.91 Å². The second-order valence-corrected chi connectivity index (χ2v) is 6.40. The molecule has 0 radical (unpaired) electrons. The van der Waals surface area contributed by atoms with Crippen LogP contribution in [0.2, 0.25) is 0 Å². The van der Waals surface area contributed by atoms with E-state index in [4.69, 9.17) is 0 Å². The zero-order valence-corrected chi connectivity index (χ0v) is 14.2. The van der Waals surface area contributed by atoms with Crippen molar-refractivity contribution in [2.45, 2.75) is 19.4 Å². The summed E-state index contributed by atoms with van der Waals surface area (Å²) in [7, 11) is 0. The molecule has 0 saturated heterocycles. The highest BCUT2D eigenvalue weighted by atomic mass is 19.1. The Morgan fingerprint density at radius 3 is 2.50 bits per heavy atom. The van der Waals surface area contributed by atoms with Gasteiger partial charge < -0.3 is 5.11 Å². The van der Waals surface area contributed by atoms with Crippen LogP contribution in [0.15, 0.2) is 47.5 Å². The number of rotatable bonds is 3. The van der Waals surface area contributed by atoms with Crippen LogP contribution in [0.4, 0.5) is 14.5 Å². The molecule has 26 heavy (non-hydrogen) atoms. The number of anilines is 1. The van der Waals surface area contributed by atoms with Gasteiger partial charge in [0.15, 0.2) is 0 Å². The molecule has 1 heterocycles. The van der Waals surface area contributed by atoms with Crippen molar-refractivity contribution in [2.75, 3.05) is 11.4 Å². The third kappa shape index (κ3) is 2.85. The molecule has 134 valence electrons. The van der Waals surface area contributed by atoms with Crippen molar-refractivity contribution in [1.29, 1.82) is 0 Å². The van der Waals surface area contributed by atoms with Crippen LogP contribution in [0.3, 0.4) is 0 Å². The van der Waals surface area contributed by atoms with Crippen LogP contribution in [-0.4, -0.2) is 34.8 Å². The molecule has 7 heteroatoms. The minimum atomic E-state index is -1.59. The number of carboxylic acids is 1. The Balaban J connectivity index is 2.28. The first-order valence-electron chi connectivity index (χ1n) is 7.89. The average Bonchev–Trinajstić information content (AvgIpc) is 2.71. The third-order valence-corrected chi connectivity index (χ3v) is 4.29. The zero-order chi connectivity index (χ0) is 19.1. The van der Waals surface area contributed by atoms with Gasteiger partial charge in [0, 0.05) is 11.1 Å². The summed E-state index contributed by atoms with van der Waals surface area (Å²) in [6, 6.07) is 9.40. The highest BCUT2D eigenvalue weighted by Gasteiger charge is 2.41. The molecule has 0 unspecified atom stereocenters. The summed E-state index contributed by atoms with van der Waals surface area (Å²) in [6.45, 7) is 2.36. The van der Waals surface area contributed by atoms with E-state index in [1.165, 1.54) is 38.1 Å². The Bertz CT molecular complexity index is 938. The molecular weight excluding hydrogens is 342 g/mol. The Kier molecular flexibility index (Phi) is 4.31. The fraction of sp³-hybridized carbons (Fsp3) is 0.211. The number of halogens is 2. The van der Waals surface area contributed by atoms with Crippen LogP contribution < -0.4 is 4.90 Å². The molecule has 1 N–H and O–H groups in total. The number of aliphatic carboxylic acids is 1. The summed E-state index contributed by atoms with van der Waals surface area (Å²) >= 11 is 0. The van der Waals surface area contributed by atoms with Gasteiger partial charge in [0.05, 0.1) is 11.4 Å². The SMILES string of the molecule is CC(C)(C(=O)O)N1C(=O)CN=C(c2ccccc2F)c2cc(F)ccc21. The number of carbonyl (C=O) groups is 2. The van der Waals surface area contributed by atoms with Gasteiger partial charge in [-0.3, -0.25) is 14.7 Å². The molecule has 1 aliphatic rings. The Morgan fingerprint density at radius 1 is 1.15 bits per heavy atom. The molecule has 0 saturated carbocycles. The van der Waals surface area contributed by atoms with E-state index in [0.29, 0.717) is 0 Å². The molecule has 3 rings (SSSR count). The van der Waals surface area contributed by atoms with Gasteiger partial charge in [-0.1, -0.05) is 12.1 Å². The fourth-order valence-electron chi connectivity index (χ4n) is 2.92. The lowest BCUT2D eigenvalue weighted by atomic mass is 9.96. The lowest BCUT2D eigenvalue weighted by Crippen LogP contribution is -2.54. The highest BCUT2D eigenvalue weighted by Crippen LogP contribution is 2.33. The van der Waals surface area contributed by atoms with Gasteiger partial charge in [0.25, 0.3) is 0 Å². The topological polar surface area (TPSA) is 70.0 Å². The van der Waals surface area contributed by atoms with Crippen LogP contribution in [0.1, 0.15) is 25.0 Å². The average molecular weight is 358 g/mol. The Hall–Kier alpha value is -3.09. The van der Waals surface area contributed by atoms with E-state index in [-0.39, 0.29) is 29.1 Å². The molecule has 0 aliphatic carbocycles. The van der Waals surface area contributed by atoms with Gasteiger partial charge in [0.1, 0.15) is 23.7 Å². The number of hydrogen-bond acceptors (Lipinski definition) is 3. The van der Waals surface area contributed by atoms with Crippen molar-refractivity contribution in [3.8, 4) is 0 Å². The number of benzodiazepines with no additional fused rings is 1. The van der Waals surface area contributed by atoms with Crippen molar-refractivity contribution < 1.29 is 23.5 Å². The van der Waals surface area contributed by atoms with E-state index in [1.807, 2.05) is 0 Å². The standard InChI is InChI=1S/C19H16F2N2O3/c1-19(2,18(25)26)23-15-8-7-11(20)9-13(15)17(22-10-16(23)24)12-5-3-4-6-14(12)21/h3-9H,10H2,1-2H3,(H,25,26). The second kappa shape index (κ2) is 6.33. The van der Waals surface area contributed by atoms with E-state index in [0.717, 1.165) is 17.0 Å². The Labute approximate surface area is 148 Å². The number of fused-ring (bicyclic) bond motifs is 1. The van der Waals surface area contributed by atoms with E-state index in [2.05, 4.69) is 4.99 Å². The first kappa shape index (κ1) is 17.7. The van der Waals surface area contributed by atoms with Gasteiger partial charge in [-0.15, -0.1) is 0 Å². The predicted molar refractivity (Wildman–Crippen MR) is 92.5 cm³/mol. The predicted octanol–water partition coefficient (Wildman–Crippen LogP) is 3.01. The van der Waals surface area contributed by atoms with E-state index < -0.39 is 29.0 Å². The molecule has 2 aromatic rings. The minimum Gasteiger partial charge on any atom is -0.480 e.